The number of hydrogen-bond donors (Lipinski definition) is 1. The second kappa shape index (κ2) is 15.0. The van der Waals surface area contributed by atoms with Gasteiger partial charge in [0.25, 0.3) is 0 Å². The Hall–Kier alpha value is -5.55. The van der Waals surface area contributed by atoms with Gasteiger partial charge in [-0.1, -0.05) is 145 Å². The lowest BCUT2D eigenvalue weighted by molar-refractivity contribution is 0.446. The van der Waals surface area contributed by atoms with Crippen molar-refractivity contribution in [1.82, 2.24) is 19.5 Å². The molecule has 0 fully saturated rings. The molecule has 3 heterocycles. The maximum Gasteiger partial charge on any atom is 0.164 e. The Morgan fingerprint density at radius 2 is 1.12 bits per heavy atom. The zero-order chi connectivity index (χ0) is 41.9. The first kappa shape index (κ1) is 40.6. The lowest BCUT2D eigenvalue weighted by atomic mass is 9.78. The number of phenols is 1. The highest BCUT2D eigenvalue weighted by atomic mass is 16.3. The summed E-state index contributed by atoms with van der Waals surface area (Å²) in [6.45, 7) is 28.9. The zero-order valence-electron chi connectivity index (χ0n) is 36.8. The van der Waals surface area contributed by atoms with Crippen LogP contribution >= 0.6 is 0 Å². The molecule has 0 bridgehead atoms. The third kappa shape index (κ3) is 7.84. The molecule has 58 heavy (non-hydrogen) atoms. The molecule has 1 N–H and O–H groups in total. The van der Waals surface area contributed by atoms with Gasteiger partial charge in [0.1, 0.15) is 17.1 Å². The van der Waals surface area contributed by atoms with Crippen LogP contribution in [-0.2, 0) is 16.2 Å². The number of aromatic nitrogens is 4. The molecule has 0 saturated heterocycles. The van der Waals surface area contributed by atoms with Crippen molar-refractivity contribution in [2.75, 3.05) is 0 Å². The van der Waals surface area contributed by atoms with E-state index in [1.165, 1.54) is 27.8 Å². The van der Waals surface area contributed by atoms with Gasteiger partial charge in [-0.25, -0.2) is 15.0 Å². The first-order valence-electron chi connectivity index (χ1n) is 20.8. The Labute approximate surface area is 346 Å². The third-order valence-corrected chi connectivity index (χ3v) is 11.3. The highest BCUT2D eigenvalue weighted by Crippen LogP contribution is 2.44. The van der Waals surface area contributed by atoms with Gasteiger partial charge < -0.3 is 5.11 Å². The van der Waals surface area contributed by atoms with E-state index in [9.17, 15) is 5.11 Å². The van der Waals surface area contributed by atoms with Crippen molar-refractivity contribution in [1.29, 1.82) is 0 Å². The molecular weight excluding hydrogens is 709 g/mol. The molecule has 0 aliphatic rings. The molecular formula is C53H60N4O. The fourth-order valence-electron chi connectivity index (χ4n) is 7.84. The smallest absolute Gasteiger partial charge is 0.164 e. The molecule has 0 aliphatic heterocycles. The van der Waals surface area contributed by atoms with Crippen molar-refractivity contribution in [2.24, 2.45) is 0 Å². The van der Waals surface area contributed by atoms with E-state index in [2.05, 4.69) is 192 Å². The van der Waals surface area contributed by atoms with Gasteiger partial charge in [-0.05, 0) is 110 Å². The van der Waals surface area contributed by atoms with Crippen LogP contribution in [0, 0.1) is 0 Å². The van der Waals surface area contributed by atoms with Gasteiger partial charge in [0.15, 0.2) is 5.65 Å². The summed E-state index contributed by atoms with van der Waals surface area (Å²) in [4.78, 5) is 15.7. The summed E-state index contributed by atoms with van der Waals surface area (Å²) >= 11 is 0. The highest BCUT2D eigenvalue weighted by molar-refractivity contribution is 5.84. The van der Waals surface area contributed by atoms with Crippen LogP contribution in [0.1, 0.15) is 130 Å². The molecule has 5 heteroatoms. The molecule has 7 rings (SSSR count). The molecule has 4 aromatic carbocycles. The Kier molecular flexibility index (Phi) is 10.5. The van der Waals surface area contributed by atoms with Crippen molar-refractivity contribution in [2.45, 2.75) is 118 Å². The normalized spacial score (nSPS) is 12.6. The van der Waals surface area contributed by atoms with Crippen molar-refractivity contribution in [3.63, 3.8) is 0 Å². The summed E-state index contributed by atoms with van der Waals surface area (Å²) < 4.78 is 2.29. The zero-order valence-corrected chi connectivity index (χ0v) is 36.8. The van der Waals surface area contributed by atoms with Gasteiger partial charge in [-0.15, -0.1) is 0 Å². The largest absolute Gasteiger partial charge is 0.507 e. The minimum Gasteiger partial charge on any atom is -0.507 e. The predicted molar refractivity (Wildman–Crippen MR) is 244 cm³/mol. The maximum absolute atomic E-state index is 12.0. The van der Waals surface area contributed by atoms with E-state index < -0.39 is 0 Å². The molecule has 0 spiro atoms. The second-order valence-corrected chi connectivity index (χ2v) is 19.7. The quantitative estimate of drug-likeness (QED) is 0.175. The van der Waals surface area contributed by atoms with E-state index in [1.54, 1.807) is 0 Å². The van der Waals surface area contributed by atoms with Crippen LogP contribution in [0.2, 0.25) is 0 Å². The number of hydrogen-bond acceptors (Lipinski definition) is 4. The summed E-state index contributed by atoms with van der Waals surface area (Å²) in [5.41, 5.74) is 14.8. The molecule has 0 amide bonds. The van der Waals surface area contributed by atoms with Crippen LogP contribution in [0.5, 0.6) is 5.75 Å². The summed E-state index contributed by atoms with van der Waals surface area (Å²) in [6.07, 6.45) is 1.86. The van der Waals surface area contributed by atoms with Gasteiger partial charge in [-0.3, -0.25) is 4.57 Å². The van der Waals surface area contributed by atoms with Gasteiger partial charge in [-0.2, -0.15) is 0 Å². The number of nitrogens with zero attached hydrogens (tertiary/aromatic N) is 4. The number of benzene rings is 4. The molecule has 5 nitrogen and oxygen atoms in total. The minimum atomic E-state index is -0.258. The molecule has 0 radical (unpaired) electrons. The average Bonchev–Trinajstić information content (AvgIpc) is 3.56. The second-order valence-electron chi connectivity index (χ2n) is 19.7. The minimum absolute atomic E-state index is 0.117. The SMILES string of the molecule is CC(C)c1cc(-c2ccccc2)cc(C(C)C)c1-n1c(-c2cccc(-c3cc(C(C)(C)C)cc(-c4cc(C(C)(C)C)cc(C(C)(C)C)c4O)n3)c2)nc2cccnc21. The topological polar surface area (TPSA) is 63.8 Å². The third-order valence-electron chi connectivity index (χ3n) is 11.3. The summed E-state index contributed by atoms with van der Waals surface area (Å²) in [6, 6.07) is 36.7. The fraction of sp³-hybridized carbons (Fsp3) is 0.340. The van der Waals surface area contributed by atoms with E-state index in [-0.39, 0.29) is 28.1 Å². The summed E-state index contributed by atoms with van der Waals surface area (Å²) in [5.74, 6) is 1.61. The van der Waals surface area contributed by atoms with Crippen molar-refractivity contribution >= 4 is 11.2 Å². The van der Waals surface area contributed by atoms with E-state index in [0.717, 1.165) is 61.9 Å². The Balaban J connectivity index is 1.47. The lowest BCUT2D eigenvalue weighted by Crippen LogP contribution is -2.17. The standard InChI is InChI=1S/C53H60N4O/c1-32(2)40-26-37(34-19-15-14-16-20-34)27-41(33(3)4)47(40)57-49(56-44-23-18-24-54-50(44)57)36-22-17-21-35(25-36)45-30-39(52(8,9)10)31-46(55-45)42-28-38(51(5,6)7)29-43(48(42)58)53(11,12)13/h14-33,58H,1-13H3. The lowest BCUT2D eigenvalue weighted by Gasteiger charge is -2.28. The van der Waals surface area contributed by atoms with Crippen LogP contribution in [-0.4, -0.2) is 24.6 Å². The number of pyridine rings is 2. The number of rotatable bonds is 7. The maximum atomic E-state index is 12.0. The molecule has 3 aromatic heterocycles. The highest BCUT2D eigenvalue weighted by Gasteiger charge is 2.28. The molecule has 0 aliphatic carbocycles. The number of aromatic hydroxyl groups is 1. The van der Waals surface area contributed by atoms with Crippen LogP contribution in [0.25, 0.3) is 61.9 Å². The van der Waals surface area contributed by atoms with Crippen molar-refractivity contribution in [3.05, 3.63) is 137 Å². The fourth-order valence-corrected chi connectivity index (χ4v) is 7.84. The molecule has 0 atom stereocenters. The number of fused-ring (bicyclic) bond motifs is 1. The average molecular weight is 769 g/mol. The van der Waals surface area contributed by atoms with E-state index in [4.69, 9.17) is 15.0 Å². The number of imidazole rings is 1. The van der Waals surface area contributed by atoms with Crippen LogP contribution < -0.4 is 0 Å². The van der Waals surface area contributed by atoms with Gasteiger partial charge in [0, 0.05) is 28.5 Å². The number of phenolic OH excluding ortho intramolecular Hbond substituents is 1. The first-order chi connectivity index (χ1) is 27.2. The van der Waals surface area contributed by atoms with E-state index in [1.807, 2.05) is 12.3 Å². The Morgan fingerprint density at radius 1 is 0.534 bits per heavy atom. The monoisotopic (exact) mass is 768 g/mol. The van der Waals surface area contributed by atoms with Crippen LogP contribution in [0.4, 0.5) is 0 Å². The van der Waals surface area contributed by atoms with Gasteiger partial charge >= 0.3 is 0 Å². The van der Waals surface area contributed by atoms with Crippen LogP contribution in [0.3, 0.4) is 0 Å². The van der Waals surface area contributed by atoms with E-state index in [0.29, 0.717) is 5.75 Å². The molecule has 7 aromatic rings. The molecule has 0 unspecified atom stereocenters. The summed E-state index contributed by atoms with van der Waals surface area (Å²) in [5, 5.41) is 12.0. The molecule has 0 saturated carbocycles. The summed E-state index contributed by atoms with van der Waals surface area (Å²) in [7, 11) is 0. The Morgan fingerprint density at radius 3 is 1.72 bits per heavy atom. The predicted octanol–water partition coefficient (Wildman–Crippen LogP) is 14.3. The van der Waals surface area contributed by atoms with Gasteiger partial charge in [0.05, 0.1) is 17.1 Å². The van der Waals surface area contributed by atoms with Gasteiger partial charge in [0.2, 0.25) is 0 Å². The van der Waals surface area contributed by atoms with E-state index >= 15 is 0 Å². The van der Waals surface area contributed by atoms with Crippen molar-refractivity contribution < 1.29 is 5.11 Å². The first-order valence-corrected chi connectivity index (χ1v) is 20.8. The van der Waals surface area contributed by atoms with Crippen LogP contribution in [0.15, 0.2) is 109 Å². The Bertz CT molecular complexity index is 2600. The van der Waals surface area contributed by atoms with Crippen molar-refractivity contribution in [3.8, 4) is 56.5 Å². The molecule has 298 valence electrons.